The van der Waals surface area contributed by atoms with Crippen LogP contribution in [0.4, 0.5) is 5.82 Å². The van der Waals surface area contributed by atoms with Crippen LogP contribution in [0.3, 0.4) is 0 Å². The fourth-order valence-electron chi connectivity index (χ4n) is 0.898. The van der Waals surface area contributed by atoms with Gasteiger partial charge in [-0.2, -0.15) is 11.8 Å². The largest absolute Gasteiger partial charge is 0.384 e. The van der Waals surface area contributed by atoms with E-state index in [1.54, 1.807) is 24.9 Å². The third-order valence-electron chi connectivity index (χ3n) is 1.51. The van der Waals surface area contributed by atoms with E-state index in [4.69, 9.17) is 10.5 Å². The molecule has 3 nitrogen and oxygen atoms in total. The SMILES string of the molecule is COCCSCc1cccc(N)n1. The van der Waals surface area contributed by atoms with Crippen molar-refractivity contribution in [2.24, 2.45) is 0 Å². The average Bonchev–Trinajstić information content (AvgIpc) is 2.13. The van der Waals surface area contributed by atoms with E-state index < -0.39 is 0 Å². The van der Waals surface area contributed by atoms with Crippen LogP contribution in [0.15, 0.2) is 18.2 Å². The minimum absolute atomic E-state index is 0.588. The van der Waals surface area contributed by atoms with Gasteiger partial charge in [-0.05, 0) is 12.1 Å². The molecule has 0 aliphatic carbocycles. The molecule has 0 radical (unpaired) electrons. The molecule has 0 aliphatic rings. The monoisotopic (exact) mass is 198 g/mol. The number of anilines is 1. The number of aromatic nitrogens is 1. The van der Waals surface area contributed by atoms with E-state index in [9.17, 15) is 0 Å². The number of hydrogen-bond donors (Lipinski definition) is 1. The number of ether oxygens (including phenoxy) is 1. The van der Waals surface area contributed by atoms with Crippen LogP contribution in [0.2, 0.25) is 0 Å². The highest BCUT2D eigenvalue weighted by atomic mass is 32.2. The molecule has 1 aromatic heterocycles. The zero-order chi connectivity index (χ0) is 9.52. The molecule has 0 aliphatic heterocycles. The minimum atomic E-state index is 0.588. The Balaban J connectivity index is 2.28. The standard InChI is InChI=1S/C9H14N2OS/c1-12-5-6-13-7-8-3-2-4-9(10)11-8/h2-4H,5-7H2,1H3,(H2,10,11). The highest BCUT2D eigenvalue weighted by Crippen LogP contribution is 2.10. The molecule has 0 amide bonds. The van der Waals surface area contributed by atoms with Gasteiger partial charge in [0.2, 0.25) is 0 Å². The van der Waals surface area contributed by atoms with E-state index in [0.717, 1.165) is 23.8 Å². The first-order chi connectivity index (χ1) is 6.33. The van der Waals surface area contributed by atoms with E-state index in [2.05, 4.69) is 4.98 Å². The van der Waals surface area contributed by atoms with Gasteiger partial charge in [-0.25, -0.2) is 4.98 Å². The molecular weight excluding hydrogens is 184 g/mol. The first kappa shape index (κ1) is 10.3. The summed E-state index contributed by atoms with van der Waals surface area (Å²) in [5.41, 5.74) is 6.57. The van der Waals surface area contributed by atoms with E-state index in [-0.39, 0.29) is 0 Å². The lowest BCUT2D eigenvalue weighted by Gasteiger charge is -2.01. The van der Waals surface area contributed by atoms with Crippen molar-refractivity contribution >= 4 is 17.6 Å². The summed E-state index contributed by atoms with van der Waals surface area (Å²) in [5, 5.41) is 0. The number of pyridine rings is 1. The Morgan fingerprint density at radius 3 is 3.08 bits per heavy atom. The van der Waals surface area contributed by atoms with Gasteiger partial charge < -0.3 is 10.5 Å². The molecule has 0 atom stereocenters. The van der Waals surface area contributed by atoms with Crippen molar-refractivity contribution in [3.05, 3.63) is 23.9 Å². The summed E-state index contributed by atoms with van der Waals surface area (Å²) in [6, 6.07) is 5.70. The Labute approximate surface area is 82.7 Å². The zero-order valence-corrected chi connectivity index (χ0v) is 8.51. The van der Waals surface area contributed by atoms with Crippen LogP contribution in [0.1, 0.15) is 5.69 Å². The minimum Gasteiger partial charge on any atom is -0.384 e. The van der Waals surface area contributed by atoms with Crippen molar-refractivity contribution in [3.63, 3.8) is 0 Å². The van der Waals surface area contributed by atoms with Gasteiger partial charge >= 0.3 is 0 Å². The topological polar surface area (TPSA) is 48.1 Å². The number of thioether (sulfide) groups is 1. The van der Waals surface area contributed by atoms with Gasteiger partial charge in [-0.3, -0.25) is 0 Å². The number of nitrogen functional groups attached to an aromatic ring is 1. The van der Waals surface area contributed by atoms with E-state index in [1.807, 2.05) is 12.1 Å². The van der Waals surface area contributed by atoms with Gasteiger partial charge in [-0.15, -0.1) is 0 Å². The van der Waals surface area contributed by atoms with Crippen LogP contribution >= 0.6 is 11.8 Å². The lowest BCUT2D eigenvalue weighted by Crippen LogP contribution is -1.96. The molecule has 13 heavy (non-hydrogen) atoms. The Kier molecular flexibility index (Phi) is 4.64. The fourth-order valence-corrected chi connectivity index (χ4v) is 1.70. The number of nitrogens with two attached hydrogens (primary N) is 1. The molecule has 1 heterocycles. The predicted octanol–water partition coefficient (Wildman–Crippen LogP) is 1.54. The van der Waals surface area contributed by atoms with E-state index >= 15 is 0 Å². The van der Waals surface area contributed by atoms with E-state index in [0.29, 0.717) is 5.82 Å². The first-order valence-corrected chi connectivity index (χ1v) is 5.26. The maximum atomic E-state index is 5.54. The van der Waals surface area contributed by atoms with Crippen LogP contribution in [-0.2, 0) is 10.5 Å². The van der Waals surface area contributed by atoms with Gasteiger partial charge in [0.25, 0.3) is 0 Å². The molecular formula is C9H14N2OS. The van der Waals surface area contributed by atoms with Crippen molar-refractivity contribution in [1.29, 1.82) is 0 Å². The second-order valence-electron chi connectivity index (χ2n) is 2.60. The normalized spacial score (nSPS) is 10.2. The third-order valence-corrected chi connectivity index (χ3v) is 2.47. The quantitative estimate of drug-likeness (QED) is 0.729. The van der Waals surface area contributed by atoms with Crippen LogP contribution in [0, 0.1) is 0 Å². The molecule has 72 valence electrons. The molecule has 0 saturated carbocycles. The Bertz CT molecular complexity index is 255. The lowest BCUT2D eigenvalue weighted by molar-refractivity contribution is 0.218. The summed E-state index contributed by atoms with van der Waals surface area (Å²) in [7, 11) is 1.71. The average molecular weight is 198 g/mol. The maximum absolute atomic E-state index is 5.54. The highest BCUT2D eigenvalue weighted by Gasteiger charge is 1.95. The van der Waals surface area contributed by atoms with Crippen LogP contribution in [0.5, 0.6) is 0 Å². The Morgan fingerprint density at radius 2 is 2.38 bits per heavy atom. The summed E-state index contributed by atoms with van der Waals surface area (Å²) >= 11 is 1.80. The molecule has 0 saturated heterocycles. The molecule has 1 rings (SSSR count). The maximum Gasteiger partial charge on any atom is 0.123 e. The van der Waals surface area contributed by atoms with Crippen LogP contribution in [0.25, 0.3) is 0 Å². The lowest BCUT2D eigenvalue weighted by atomic mass is 10.4. The van der Waals surface area contributed by atoms with Crippen molar-refractivity contribution < 1.29 is 4.74 Å². The molecule has 1 aromatic rings. The van der Waals surface area contributed by atoms with Gasteiger partial charge in [-0.1, -0.05) is 6.07 Å². The van der Waals surface area contributed by atoms with Crippen LogP contribution < -0.4 is 5.73 Å². The second kappa shape index (κ2) is 5.83. The summed E-state index contributed by atoms with van der Waals surface area (Å²) in [6.45, 7) is 0.785. The number of rotatable bonds is 5. The highest BCUT2D eigenvalue weighted by molar-refractivity contribution is 7.98. The summed E-state index contributed by atoms with van der Waals surface area (Å²) in [6.07, 6.45) is 0. The molecule has 0 aromatic carbocycles. The summed E-state index contributed by atoms with van der Waals surface area (Å²) in [5.74, 6) is 2.48. The third kappa shape index (κ3) is 4.15. The van der Waals surface area contributed by atoms with Gasteiger partial charge in [0, 0.05) is 18.6 Å². The smallest absolute Gasteiger partial charge is 0.123 e. The second-order valence-corrected chi connectivity index (χ2v) is 3.70. The van der Waals surface area contributed by atoms with Gasteiger partial charge in [0.05, 0.1) is 12.3 Å². The molecule has 2 N–H and O–H groups in total. The summed E-state index contributed by atoms with van der Waals surface area (Å²) < 4.78 is 4.94. The number of nitrogens with zero attached hydrogens (tertiary/aromatic N) is 1. The van der Waals surface area contributed by atoms with Crippen molar-refractivity contribution in [2.75, 3.05) is 25.2 Å². The van der Waals surface area contributed by atoms with Crippen LogP contribution in [-0.4, -0.2) is 24.5 Å². The van der Waals surface area contributed by atoms with Crippen molar-refractivity contribution in [1.82, 2.24) is 4.98 Å². The summed E-state index contributed by atoms with van der Waals surface area (Å²) in [4.78, 5) is 4.19. The molecule has 0 fully saturated rings. The van der Waals surface area contributed by atoms with Crippen molar-refractivity contribution in [2.45, 2.75) is 5.75 Å². The fraction of sp³-hybridized carbons (Fsp3) is 0.444. The number of hydrogen-bond acceptors (Lipinski definition) is 4. The predicted molar refractivity (Wildman–Crippen MR) is 56.7 cm³/mol. The number of methoxy groups -OCH3 is 1. The molecule has 4 heteroatoms. The van der Waals surface area contributed by atoms with Gasteiger partial charge in [0.15, 0.2) is 0 Å². The van der Waals surface area contributed by atoms with E-state index in [1.165, 1.54) is 0 Å². The van der Waals surface area contributed by atoms with Crippen molar-refractivity contribution in [3.8, 4) is 0 Å². The molecule has 0 spiro atoms. The zero-order valence-electron chi connectivity index (χ0n) is 7.69. The Morgan fingerprint density at radius 1 is 1.54 bits per heavy atom. The molecule has 0 bridgehead atoms. The first-order valence-electron chi connectivity index (χ1n) is 4.11. The van der Waals surface area contributed by atoms with Gasteiger partial charge in [0.1, 0.15) is 5.82 Å². The Hall–Kier alpha value is -0.740. The molecule has 0 unspecified atom stereocenters.